The lowest BCUT2D eigenvalue weighted by atomic mass is 10.1. The molecule has 0 fully saturated rings. The summed E-state index contributed by atoms with van der Waals surface area (Å²) in [7, 11) is 0. The minimum atomic E-state index is 0.852. The molecule has 1 N–H and O–H groups in total. The highest BCUT2D eigenvalue weighted by Gasteiger charge is 2.05. The Morgan fingerprint density at radius 1 is 0.824 bits per heavy atom. The first-order valence-corrected chi connectivity index (χ1v) is 5.76. The van der Waals surface area contributed by atoms with Gasteiger partial charge in [-0.05, 0) is 23.3 Å². The van der Waals surface area contributed by atoms with Gasteiger partial charge in [0.15, 0.2) is 0 Å². The summed E-state index contributed by atoms with van der Waals surface area (Å²) in [6.45, 7) is 0.852. The van der Waals surface area contributed by atoms with Crippen molar-refractivity contribution in [3.8, 4) is 11.1 Å². The molecule has 0 spiro atoms. The minimum Gasteiger partial charge on any atom is -0.372 e. The van der Waals surface area contributed by atoms with Gasteiger partial charge < -0.3 is 10.2 Å². The normalized spacial score (nSPS) is 13.8. The molecular weight excluding hydrogens is 208 g/mol. The van der Waals surface area contributed by atoms with Crippen molar-refractivity contribution in [2.24, 2.45) is 0 Å². The smallest absolute Gasteiger partial charge is 0.0916 e. The van der Waals surface area contributed by atoms with E-state index in [4.69, 9.17) is 0 Å². The Bertz CT molecular complexity index is 514. The Morgan fingerprint density at radius 2 is 1.53 bits per heavy atom. The van der Waals surface area contributed by atoms with E-state index in [-0.39, 0.29) is 0 Å². The molecule has 0 amide bonds. The summed E-state index contributed by atoms with van der Waals surface area (Å²) < 4.78 is 0. The van der Waals surface area contributed by atoms with Crippen LogP contribution in [0.4, 0.5) is 5.69 Å². The molecule has 0 radical (unpaired) electrons. The zero-order chi connectivity index (χ0) is 11.5. The van der Waals surface area contributed by atoms with Crippen LogP contribution in [-0.2, 0) is 0 Å². The molecule has 2 heteroatoms. The van der Waals surface area contributed by atoms with Gasteiger partial charge in [0.25, 0.3) is 0 Å². The molecule has 17 heavy (non-hydrogen) atoms. The van der Waals surface area contributed by atoms with Gasteiger partial charge in [0.2, 0.25) is 0 Å². The van der Waals surface area contributed by atoms with E-state index in [9.17, 15) is 0 Å². The van der Waals surface area contributed by atoms with Crippen LogP contribution in [0.15, 0.2) is 67.0 Å². The van der Waals surface area contributed by atoms with Crippen molar-refractivity contribution in [2.45, 2.75) is 0 Å². The van der Waals surface area contributed by atoms with Gasteiger partial charge in [-0.1, -0.05) is 42.5 Å². The second kappa shape index (κ2) is 4.34. The second-order valence-corrected chi connectivity index (χ2v) is 4.06. The summed E-state index contributed by atoms with van der Waals surface area (Å²) in [4.78, 5) is 2.18. The van der Waals surface area contributed by atoms with Crippen molar-refractivity contribution in [3.05, 3.63) is 67.0 Å². The molecule has 0 saturated heterocycles. The van der Waals surface area contributed by atoms with Crippen LogP contribution in [-0.4, -0.2) is 6.67 Å². The van der Waals surface area contributed by atoms with E-state index in [1.54, 1.807) is 0 Å². The lowest BCUT2D eigenvalue weighted by Crippen LogP contribution is -2.19. The Hall–Kier alpha value is -2.22. The maximum Gasteiger partial charge on any atom is 0.0916 e. The van der Waals surface area contributed by atoms with Gasteiger partial charge in [-0.15, -0.1) is 0 Å². The summed E-state index contributed by atoms with van der Waals surface area (Å²) in [6.07, 6.45) is 4.02. The molecule has 0 aromatic heterocycles. The highest BCUT2D eigenvalue weighted by atomic mass is 15.2. The van der Waals surface area contributed by atoms with E-state index in [1.807, 2.05) is 12.3 Å². The zero-order valence-corrected chi connectivity index (χ0v) is 9.51. The molecule has 3 rings (SSSR count). The zero-order valence-electron chi connectivity index (χ0n) is 9.51. The predicted octanol–water partition coefficient (Wildman–Crippen LogP) is 3.19. The summed E-state index contributed by atoms with van der Waals surface area (Å²) in [6, 6.07) is 19.1. The van der Waals surface area contributed by atoms with E-state index in [2.05, 4.69) is 64.9 Å². The molecular formula is C15H14N2. The standard InChI is InChI=1S/C15H14N2/c1-2-4-13(5-3-1)14-6-8-15(9-7-14)17-11-10-16-12-17/h1-11,16H,12H2. The highest BCUT2D eigenvalue weighted by Crippen LogP contribution is 2.23. The van der Waals surface area contributed by atoms with Crippen molar-refractivity contribution in [1.82, 2.24) is 5.32 Å². The Kier molecular flexibility index (Phi) is 2.54. The molecule has 0 bridgehead atoms. The fourth-order valence-corrected chi connectivity index (χ4v) is 2.00. The molecule has 0 atom stereocenters. The van der Waals surface area contributed by atoms with Crippen LogP contribution in [0.5, 0.6) is 0 Å². The Morgan fingerprint density at radius 3 is 2.18 bits per heavy atom. The second-order valence-electron chi connectivity index (χ2n) is 4.06. The van der Waals surface area contributed by atoms with Gasteiger partial charge in [0.05, 0.1) is 6.67 Å². The number of nitrogens with one attached hydrogen (secondary N) is 1. The topological polar surface area (TPSA) is 15.3 Å². The third-order valence-electron chi connectivity index (χ3n) is 2.94. The minimum absolute atomic E-state index is 0.852. The first-order chi connectivity index (χ1) is 8.43. The van der Waals surface area contributed by atoms with E-state index < -0.39 is 0 Å². The number of rotatable bonds is 2. The van der Waals surface area contributed by atoms with Gasteiger partial charge in [-0.3, -0.25) is 0 Å². The molecule has 0 saturated carbocycles. The van der Waals surface area contributed by atoms with Crippen LogP contribution in [0.25, 0.3) is 11.1 Å². The third kappa shape index (κ3) is 2.02. The number of benzene rings is 2. The number of nitrogens with zero attached hydrogens (tertiary/aromatic N) is 1. The van der Waals surface area contributed by atoms with Crippen LogP contribution in [0, 0.1) is 0 Å². The van der Waals surface area contributed by atoms with Crippen LogP contribution in [0.2, 0.25) is 0 Å². The van der Waals surface area contributed by atoms with Crippen molar-refractivity contribution in [1.29, 1.82) is 0 Å². The predicted molar refractivity (Wildman–Crippen MR) is 71.5 cm³/mol. The van der Waals surface area contributed by atoms with Crippen molar-refractivity contribution in [3.63, 3.8) is 0 Å². The van der Waals surface area contributed by atoms with Gasteiger partial charge >= 0.3 is 0 Å². The van der Waals surface area contributed by atoms with Gasteiger partial charge in [0, 0.05) is 18.1 Å². The molecule has 2 aromatic carbocycles. The summed E-state index contributed by atoms with van der Waals surface area (Å²) >= 11 is 0. The summed E-state index contributed by atoms with van der Waals surface area (Å²) in [5.41, 5.74) is 3.73. The van der Waals surface area contributed by atoms with Crippen LogP contribution >= 0.6 is 0 Å². The average molecular weight is 222 g/mol. The monoisotopic (exact) mass is 222 g/mol. The molecule has 1 aliphatic rings. The molecule has 84 valence electrons. The summed E-state index contributed by atoms with van der Waals surface area (Å²) in [5.74, 6) is 0. The van der Waals surface area contributed by atoms with Gasteiger partial charge in [-0.25, -0.2) is 0 Å². The van der Waals surface area contributed by atoms with E-state index >= 15 is 0 Å². The summed E-state index contributed by atoms with van der Waals surface area (Å²) in [5, 5.41) is 3.16. The lowest BCUT2D eigenvalue weighted by Gasteiger charge is -2.15. The Labute approximate surface area is 101 Å². The van der Waals surface area contributed by atoms with Crippen LogP contribution < -0.4 is 10.2 Å². The number of hydrogen-bond donors (Lipinski definition) is 1. The van der Waals surface area contributed by atoms with Crippen molar-refractivity contribution in [2.75, 3.05) is 11.6 Å². The third-order valence-corrected chi connectivity index (χ3v) is 2.94. The maximum atomic E-state index is 3.16. The largest absolute Gasteiger partial charge is 0.372 e. The molecule has 2 aromatic rings. The highest BCUT2D eigenvalue weighted by molar-refractivity contribution is 5.66. The van der Waals surface area contributed by atoms with E-state index in [0.717, 1.165) is 6.67 Å². The van der Waals surface area contributed by atoms with Crippen molar-refractivity contribution < 1.29 is 0 Å². The first-order valence-electron chi connectivity index (χ1n) is 5.76. The SMILES string of the molecule is C1=CN(c2ccc(-c3ccccc3)cc2)CN1. The lowest BCUT2D eigenvalue weighted by molar-refractivity contribution is 0.901. The first kappa shape index (κ1) is 9.97. The maximum absolute atomic E-state index is 3.16. The fraction of sp³-hybridized carbons (Fsp3) is 0.0667. The molecule has 0 aliphatic carbocycles. The van der Waals surface area contributed by atoms with E-state index in [1.165, 1.54) is 16.8 Å². The van der Waals surface area contributed by atoms with E-state index in [0.29, 0.717) is 0 Å². The number of hydrogen-bond acceptors (Lipinski definition) is 2. The molecule has 0 unspecified atom stereocenters. The number of anilines is 1. The molecule has 2 nitrogen and oxygen atoms in total. The molecule has 1 aliphatic heterocycles. The molecule has 1 heterocycles. The van der Waals surface area contributed by atoms with Gasteiger partial charge in [0.1, 0.15) is 0 Å². The quantitative estimate of drug-likeness (QED) is 0.839. The van der Waals surface area contributed by atoms with Crippen LogP contribution in [0.3, 0.4) is 0 Å². The fourth-order valence-electron chi connectivity index (χ4n) is 2.00. The average Bonchev–Trinajstić information content (AvgIpc) is 2.94. The van der Waals surface area contributed by atoms with Gasteiger partial charge in [-0.2, -0.15) is 0 Å². The Balaban J connectivity index is 1.87. The van der Waals surface area contributed by atoms with Crippen LogP contribution in [0.1, 0.15) is 0 Å². The van der Waals surface area contributed by atoms with Crippen molar-refractivity contribution >= 4 is 5.69 Å².